The molecule has 6 heteroatoms. The lowest BCUT2D eigenvalue weighted by molar-refractivity contribution is 0.0635. The van der Waals surface area contributed by atoms with E-state index < -0.39 is 17.5 Å². The third-order valence-corrected chi connectivity index (χ3v) is 3.32. The van der Waals surface area contributed by atoms with Crippen LogP contribution in [0.1, 0.15) is 33.6 Å². The second-order valence-electron chi connectivity index (χ2n) is 6.50. The van der Waals surface area contributed by atoms with E-state index in [2.05, 4.69) is 16.0 Å². The third-order valence-electron chi connectivity index (χ3n) is 3.32. The van der Waals surface area contributed by atoms with Gasteiger partial charge in [0.2, 0.25) is 0 Å². The van der Waals surface area contributed by atoms with Gasteiger partial charge in [-0.25, -0.2) is 9.18 Å². The molecule has 1 aliphatic rings. The predicted molar refractivity (Wildman–Crippen MR) is 85.8 cm³/mol. The van der Waals surface area contributed by atoms with Crippen molar-refractivity contribution in [1.29, 1.82) is 0 Å². The molecule has 1 heterocycles. The maximum absolute atomic E-state index is 13.8. The molecule has 1 amide bonds. The molecule has 0 aromatic heterocycles. The van der Waals surface area contributed by atoms with Gasteiger partial charge < -0.3 is 15.4 Å². The minimum atomic E-state index is -0.666. The maximum atomic E-state index is 13.8. The Morgan fingerprint density at radius 2 is 2.23 bits per heavy atom. The van der Waals surface area contributed by atoms with Crippen LogP contribution in [-0.2, 0) is 4.74 Å². The summed E-state index contributed by atoms with van der Waals surface area (Å²) in [6.45, 7) is 7.10. The van der Waals surface area contributed by atoms with Crippen molar-refractivity contribution in [2.75, 3.05) is 23.7 Å². The maximum Gasteiger partial charge on any atom is 0.412 e. The van der Waals surface area contributed by atoms with Gasteiger partial charge in [0.15, 0.2) is 0 Å². The number of rotatable bonds is 4. The Hall–Kier alpha value is -1.82. The summed E-state index contributed by atoms with van der Waals surface area (Å²) in [6, 6.07) is 5.00. The van der Waals surface area contributed by atoms with E-state index in [4.69, 9.17) is 4.74 Å². The van der Waals surface area contributed by atoms with Crippen LogP contribution in [0, 0.1) is 5.82 Å². The summed E-state index contributed by atoms with van der Waals surface area (Å²) < 4.78 is 18.9. The number of hydrogen-bond acceptors (Lipinski definition) is 4. The van der Waals surface area contributed by atoms with Crippen LogP contribution in [-0.4, -0.2) is 30.8 Å². The molecule has 5 nitrogen and oxygen atoms in total. The number of carbonyl (C=O) groups is 1. The summed E-state index contributed by atoms with van der Waals surface area (Å²) in [7, 11) is 0. The monoisotopic (exact) mass is 309 g/mol. The van der Waals surface area contributed by atoms with E-state index in [0.29, 0.717) is 6.04 Å². The quantitative estimate of drug-likeness (QED) is 0.798. The molecule has 2 rings (SSSR count). The molecule has 0 saturated carbocycles. The lowest BCUT2D eigenvalue weighted by Gasteiger charge is -2.20. The highest BCUT2D eigenvalue weighted by atomic mass is 19.1. The van der Waals surface area contributed by atoms with Crippen LogP contribution in [0.25, 0.3) is 0 Å². The fraction of sp³-hybridized carbons (Fsp3) is 0.562. The van der Waals surface area contributed by atoms with Crippen LogP contribution in [0.15, 0.2) is 18.2 Å². The molecule has 1 aromatic rings. The van der Waals surface area contributed by atoms with E-state index >= 15 is 0 Å². The van der Waals surface area contributed by atoms with Gasteiger partial charge >= 0.3 is 6.09 Å². The Balaban J connectivity index is 1.95. The fourth-order valence-corrected chi connectivity index (χ4v) is 2.32. The Morgan fingerprint density at radius 1 is 1.45 bits per heavy atom. The highest BCUT2D eigenvalue weighted by Crippen LogP contribution is 2.21. The van der Waals surface area contributed by atoms with E-state index in [0.717, 1.165) is 25.2 Å². The third kappa shape index (κ3) is 5.18. The van der Waals surface area contributed by atoms with Crippen LogP contribution < -0.4 is 16.0 Å². The minimum Gasteiger partial charge on any atom is -0.444 e. The van der Waals surface area contributed by atoms with Crippen molar-refractivity contribution in [3.63, 3.8) is 0 Å². The number of nitrogens with one attached hydrogen (secondary N) is 3. The normalized spacial score (nSPS) is 18.1. The Morgan fingerprint density at radius 3 is 2.86 bits per heavy atom. The molecule has 1 saturated heterocycles. The van der Waals surface area contributed by atoms with Gasteiger partial charge in [-0.05, 0) is 58.4 Å². The lowest BCUT2D eigenvalue weighted by Crippen LogP contribution is -2.29. The molecule has 3 N–H and O–H groups in total. The molecule has 0 radical (unpaired) electrons. The SMILES string of the molecule is CC(C)(C)OC(=O)Nc1cc(NCC2CCCN2)ccc1F. The number of ether oxygens (including phenoxy) is 1. The van der Waals surface area contributed by atoms with Crippen LogP contribution in [0.3, 0.4) is 0 Å². The highest BCUT2D eigenvalue weighted by Gasteiger charge is 2.18. The predicted octanol–water partition coefficient (Wildman–Crippen LogP) is 3.34. The highest BCUT2D eigenvalue weighted by molar-refractivity contribution is 5.85. The number of carbonyl (C=O) groups excluding carboxylic acids is 1. The van der Waals surface area contributed by atoms with Crippen molar-refractivity contribution in [3.8, 4) is 0 Å². The molecule has 0 spiro atoms. The molecular weight excluding hydrogens is 285 g/mol. The zero-order valence-electron chi connectivity index (χ0n) is 13.3. The van der Waals surface area contributed by atoms with E-state index in [1.165, 1.54) is 12.5 Å². The number of benzene rings is 1. The Labute approximate surface area is 130 Å². The van der Waals surface area contributed by atoms with Crippen LogP contribution in [0.4, 0.5) is 20.6 Å². The summed E-state index contributed by atoms with van der Waals surface area (Å²) in [5.41, 5.74) is 0.254. The molecule has 122 valence electrons. The molecule has 1 aromatic carbocycles. The number of halogens is 1. The first kappa shape index (κ1) is 16.5. The first-order valence-electron chi connectivity index (χ1n) is 7.60. The summed E-state index contributed by atoms with van der Waals surface area (Å²) in [6.07, 6.45) is 1.65. The smallest absolute Gasteiger partial charge is 0.412 e. The topological polar surface area (TPSA) is 62.4 Å². The van der Waals surface area contributed by atoms with Crippen molar-refractivity contribution < 1.29 is 13.9 Å². The minimum absolute atomic E-state index is 0.110. The standard InChI is InChI=1S/C16H24FN3O2/c1-16(2,3)22-15(21)20-14-9-11(6-7-13(14)17)19-10-12-5-4-8-18-12/h6-7,9,12,18-19H,4-5,8,10H2,1-3H3,(H,20,21). The number of hydrogen-bond donors (Lipinski definition) is 3. The van der Waals surface area contributed by atoms with Gasteiger partial charge in [0.25, 0.3) is 0 Å². The van der Waals surface area contributed by atoms with E-state index in [1.807, 2.05) is 0 Å². The van der Waals surface area contributed by atoms with Gasteiger partial charge in [0.1, 0.15) is 11.4 Å². The van der Waals surface area contributed by atoms with E-state index in [-0.39, 0.29) is 5.69 Å². The average Bonchev–Trinajstić information content (AvgIpc) is 2.90. The van der Waals surface area contributed by atoms with Crippen LogP contribution in [0.2, 0.25) is 0 Å². The summed E-state index contributed by atoms with van der Waals surface area (Å²) in [5, 5.41) is 9.08. The molecule has 22 heavy (non-hydrogen) atoms. The van der Waals surface area contributed by atoms with Gasteiger partial charge in [0, 0.05) is 18.3 Å². The van der Waals surface area contributed by atoms with Crippen molar-refractivity contribution in [2.24, 2.45) is 0 Å². The number of amides is 1. The van der Waals surface area contributed by atoms with Gasteiger partial charge in [-0.15, -0.1) is 0 Å². The van der Waals surface area contributed by atoms with Crippen molar-refractivity contribution in [1.82, 2.24) is 5.32 Å². The molecule has 1 aliphatic heterocycles. The molecular formula is C16H24FN3O2. The number of anilines is 2. The van der Waals surface area contributed by atoms with E-state index in [1.54, 1.807) is 32.9 Å². The van der Waals surface area contributed by atoms with E-state index in [9.17, 15) is 9.18 Å². The van der Waals surface area contributed by atoms with Gasteiger partial charge in [0.05, 0.1) is 5.69 Å². The molecule has 1 atom stereocenters. The van der Waals surface area contributed by atoms with Crippen molar-refractivity contribution >= 4 is 17.5 Å². The van der Waals surface area contributed by atoms with Crippen molar-refractivity contribution in [2.45, 2.75) is 45.3 Å². The zero-order chi connectivity index (χ0) is 16.2. The molecule has 1 unspecified atom stereocenters. The fourth-order valence-electron chi connectivity index (χ4n) is 2.32. The lowest BCUT2D eigenvalue weighted by atomic mass is 10.2. The summed E-state index contributed by atoms with van der Waals surface area (Å²) in [4.78, 5) is 11.7. The largest absolute Gasteiger partial charge is 0.444 e. The van der Waals surface area contributed by atoms with Gasteiger partial charge in [-0.1, -0.05) is 0 Å². The Kier molecular flexibility index (Phi) is 5.24. The van der Waals surface area contributed by atoms with Gasteiger partial charge in [-0.2, -0.15) is 0 Å². The summed E-state index contributed by atoms with van der Waals surface area (Å²) >= 11 is 0. The second kappa shape index (κ2) is 6.96. The first-order chi connectivity index (χ1) is 10.3. The van der Waals surface area contributed by atoms with Crippen LogP contribution >= 0.6 is 0 Å². The average molecular weight is 309 g/mol. The summed E-state index contributed by atoms with van der Waals surface area (Å²) in [5.74, 6) is -0.490. The van der Waals surface area contributed by atoms with Gasteiger partial charge in [-0.3, -0.25) is 5.32 Å². The molecule has 0 bridgehead atoms. The Bertz CT molecular complexity index is 523. The molecule has 1 fully saturated rings. The first-order valence-corrected chi connectivity index (χ1v) is 7.60. The van der Waals surface area contributed by atoms with Crippen molar-refractivity contribution in [3.05, 3.63) is 24.0 Å². The molecule has 0 aliphatic carbocycles. The van der Waals surface area contributed by atoms with Crippen LogP contribution in [0.5, 0.6) is 0 Å². The second-order valence-corrected chi connectivity index (χ2v) is 6.50. The zero-order valence-corrected chi connectivity index (χ0v) is 13.3.